The van der Waals surface area contributed by atoms with Crippen molar-refractivity contribution in [3.63, 3.8) is 0 Å². The summed E-state index contributed by atoms with van der Waals surface area (Å²) in [6.07, 6.45) is 2.40. The second-order valence-corrected chi connectivity index (χ2v) is 4.33. The Morgan fingerprint density at radius 2 is 1.17 bits per heavy atom. The minimum absolute atomic E-state index is 0.0251. The molecular formula is C12H20O6. The average molecular weight is 260 g/mol. The summed E-state index contributed by atoms with van der Waals surface area (Å²) in [5.41, 5.74) is 0. The van der Waals surface area contributed by atoms with E-state index in [0.717, 1.165) is 0 Å². The van der Waals surface area contributed by atoms with Crippen molar-refractivity contribution in [2.75, 3.05) is 26.4 Å². The highest BCUT2D eigenvalue weighted by Crippen LogP contribution is 2.30. The summed E-state index contributed by atoms with van der Waals surface area (Å²) in [5, 5.41) is 17.1. The molecule has 0 atom stereocenters. The molecule has 0 aliphatic heterocycles. The first kappa shape index (κ1) is 14.9. The van der Waals surface area contributed by atoms with Gasteiger partial charge < -0.3 is 19.7 Å². The molecule has 1 aliphatic carbocycles. The lowest BCUT2D eigenvalue weighted by Crippen LogP contribution is -2.29. The molecule has 0 bridgehead atoms. The van der Waals surface area contributed by atoms with Crippen molar-refractivity contribution >= 4 is 11.9 Å². The highest BCUT2D eigenvalue weighted by atomic mass is 16.5. The van der Waals surface area contributed by atoms with E-state index in [1.165, 1.54) is 0 Å². The van der Waals surface area contributed by atoms with Gasteiger partial charge in [0.25, 0.3) is 0 Å². The Hall–Kier alpha value is -1.14. The predicted molar refractivity (Wildman–Crippen MR) is 61.5 cm³/mol. The van der Waals surface area contributed by atoms with Crippen LogP contribution in [0, 0.1) is 11.8 Å². The summed E-state index contributed by atoms with van der Waals surface area (Å²) in [6, 6.07) is 0. The standard InChI is InChI=1S/C12H20O6/c13-5-7-17-11(15)9-1-2-10(4-3-9)12(16)18-8-6-14/h9-10,13-14H,1-8H2/t9-,10+. The number of ether oxygens (including phenoxy) is 2. The van der Waals surface area contributed by atoms with Gasteiger partial charge in [-0.15, -0.1) is 0 Å². The number of hydrogen-bond acceptors (Lipinski definition) is 6. The summed E-state index contributed by atoms with van der Waals surface area (Å²) in [6.45, 7) is -0.294. The fourth-order valence-corrected chi connectivity index (χ4v) is 2.09. The number of carbonyl (C=O) groups is 2. The van der Waals surface area contributed by atoms with Crippen molar-refractivity contribution in [2.45, 2.75) is 25.7 Å². The molecule has 0 heterocycles. The monoisotopic (exact) mass is 260 g/mol. The Labute approximate surface area is 106 Å². The van der Waals surface area contributed by atoms with Crippen LogP contribution in [0.3, 0.4) is 0 Å². The smallest absolute Gasteiger partial charge is 0.309 e. The zero-order valence-electron chi connectivity index (χ0n) is 10.3. The maximum atomic E-state index is 11.5. The summed E-state index contributed by atoms with van der Waals surface area (Å²) >= 11 is 0. The van der Waals surface area contributed by atoms with Gasteiger partial charge in [-0.2, -0.15) is 0 Å². The lowest BCUT2D eigenvalue weighted by Gasteiger charge is -2.25. The third kappa shape index (κ3) is 4.62. The molecule has 2 N–H and O–H groups in total. The fourth-order valence-electron chi connectivity index (χ4n) is 2.09. The van der Waals surface area contributed by atoms with Gasteiger partial charge in [-0.3, -0.25) is 9.59 Å². The minimum Gasteiger partial charge on any atom is -0.463 e. The van der Waals surface area contributed by atoms with Crippen molar-refractivity contribution < 1.29 is 29.3 Å². The Balaban J connectivity index is 2.27. The lowest BCUT2D eigenvalue weighted by atomic mass is 9.82. The van der Waals surface area contributed by atoms with Crippen molar-refractivity contribution in [3.8, 4) is 0 Å². The molecule has 0 aromatic rings. The molecule has 0 aromatic heterocycles. The van der Waals surface area contributed by atoms with Gasteiger partial charge in [-0.25, -0.2) is 0 Å². The summed E-state index contributed by atoms with van der Waals surface area (Å²) in [5.74, 6) is -0.964. The third-order valence-corrected chi connectivity index (χ3v) is 3.07. The Bertz CT molecular complexity index is 242. The molecule has 18 heavy (non-hydrogen) atoms. The third-order valence-electron chi connectivity index (χ3n) is 3.07. The Morgan fingerprint density at radius 3 is 1.44 bits per heavy atom. The molecule has 0 spiro atoms. The van der Waals surface area contributed by atoms with Crippen LogP contribution in [0.4, 0.5) is 0 Å². The van der Waals surface area contributed by atoms with Crippen LogP contribution in [0.15, 0.2) is 0 Å². The molecule has 0 unspecified atom stereocenters. The Kier molecular flexibility index (Phi) is 6.67. The van der Waals surface area contributed by atoms with Gasteiger partial charge in [0, 0.05) is 0 Å². The molecule has 6 nitrogen and oxygen atoms in total. The predicted octanol–water partition coefficient (Wildman–Crippen LogP) is -0.136. The van der Waals surface area contributed by atoms with Crippen LogP contribution >= 0.6 is 0 Å². The average Bonchev–Trinajstić information content (AvgIpc) is 2.42. The van der Waals surface area contributed by atoms with Gasteiger partial charge in [0.2, 0.25) is 0 Å². The van der Waals surface area contributed by atoms with Gasteiger partial charge in [0.1, 0.15) is 13.2 Å². The number of carbonyl (C=O) groups excluding carboxylic acids is 2. The number of aliphatic hydroxyl groups is 2. The van der Waals surface area contributed by atoms with E-state index in [1.54, 1.807) is 0 Å². The van der Waals surface area contributed by atoms with Crippen molar-refractivity contribution in [2.24, 2.45) is 11.8 Å². The minimum atomic E-state index is -0.300. The number of esters is 2. The van der Waals surface area contributed by atoms with E-state index in [-0.39, 0.29) is 50.2 Å². The molecule has 1 saturated carbocycles. The largest absolute Gasteiger partial charge is 0.463 e. The molecule has 104 valence electrons. The number of rotatable bonds is 6. The van der Waals surface area contributed by atoms with Crippen molar-refractivity contribution in [1.29, 1.82) is 0 Å². The van der Waals surface area contributed by atoms with Gasteiger partial charge in [-0.1, -0.05) is 0 Å². The number of hydrogen-bond donors (Lipinski definition) is 2. The van der Waals surface area contributed by atoms with Crippen LogP contribution in [0.25, 0.3) is 0 Å². The summed E-state index contributed by atoms with van der Waals surface area (Å²) in [7, 11) is 0. The first-order chi connectivity index (χ1) is 8.69. The van der Waals surface area contributed by atoms with E-state index in [4.69, 9.17) is 19.7 Å². The maximum absolute atomic E-state index is 11.5. The first-order valence-corrected chi connectivity index (χ1v) is 6.24. The van der Waals surface area contributed by atoms with Crippen LogP contribution in [-0.4, -0.2) is 48.6 Å². The van der Waals surface area contributed by atoms with E-state index < -0.39 is 0 Å². The van der Waals surface area contributed by atoms with Gasteiger partial charge >= 0.3 is 11.9 Å². The normalized spacial score (nSPS) is 23.4. The highest BCUT2D eigenvalue weighted by Gasteiger charge is 2.31. The quantitative estimate of drug-likeness (QED) is 0.646. The van der Waals surface area contributed by atoms with E-state index >= 15 is 0 Å². The molecule has 0 aromatic carbocycles. The topological polar surface area (TPSA) is 93.1 Å². The van der Waals surface area contributed by atoms with Crippen LogP contribution < -0.4 is 0 Å². The zero-order chi connectivity index (χ0) is 13.4. The van der Waals surface area contributed by atoms with E-state index in [0.29, 0.717) is 25.7 Å². The molecule has 0 radical (unpaired) electrons. The molecule has 1 aliphatic rings. The van der Waals surface area contributed by atoms with Crippen LogP contribution in [0.2, 0.25) is 0 Å². The lowest BCUT2D eigenvalue weighted by molar-refractivity contribution is -0.156. The number of aliphatic hydroxyl groups excluding tert-OH is 2. The SMILES string of the molecule is O=C(OCCO)[C@H]1CC[C@@H](C(=O)OCCO)CC1. The van der Waals surface area contributed by atoms with E-state index in [2.05, 4.69) is 0 Å². The molecule has 1 fully saturated rings. The highest BCUT2D eigenvalue weighted by molar-refractivity contribution is 5.75. The van der Waals surface area contributed by atoms with Crippen molar-refractivity contribution in [1.82, 2.24) is 0 Å². The first-order valence-electron chi connectivity index (χ1n) is 6.24. The fraction of sp³-hybridized carbons (Fsp3) is 0.833. The molecule has 6 heteroatoms. The maximum Gasteiger partial charge on any atom is 0.309 e. The van der Waals surface area contributed by atoms with E-state index in [1.807, 2.05) is 0 Å². The van der Waals surface area contributed by atoms with Crippen molar-refractivity contribution in [3.05, 3.63) is 0 Å². The molecule has 0 amide bonds. The van der Waals surface area contributed by atoms with Crippen LogP contribution in [0.1, 0.15) is 25.7 Å². The zero-order valence-corrected chi connectivity index (χ0v) is 10.3. The summed E-state index contributed by atoms with van der Waals surface area (Å²) in [4.78, 5) is 23.0. The summed E-state index contributed by atoms with van der Waals surface area (Å²) < 4.78 is 9.71. The molecule has 0 saturated heterocycles. The van der Waals surface area contributed by atoms with Crippen LogP contribution in [0.5, 0.6) is 0 Å². The van der Waals surface area contributed by atoms with Gasteiger partial charge in [0.15, 0.2) is 0 Å². The molecular weight excluding hydrogens is 240 g/mol. The van der Waals surface area contributed by atoms with Gasteiger partial charge in [0.05, 0.1) is 25.0 Å². The Morgan fingerprint density at radius 1 is 0.833 bits per heavy atom. The van der Waals surface area contributed by atoms with Crippen LogP contribution in [-0.2, 0) is 19.1 Å². The molecule has 1 rings (SSSR count). The second-order valence-electron chi connectivity index (χ2n) is 4.33. The van der Waals surface area contributed by atoms with E-state index in [9.17, 15) is 9.59 Å². The second kappa shape index (κ2) is 8.05. The van der Waals surface area contributed by atoms with Gasteiger partial charge in [-0.05, 0) is 25.7 Å².